The molecule has 0 aromatic heterocycles. The molecule has 0 unspecified atom stereocenters. The Labute approximate surface area is 176 Å². The molecular weight excluding hydrogens is 408 g/mol. The zero-order chi connectivity index (χ0) is 20.9. The van der Waals surface area contributed by atoms with E-state index in [0.29, 0.717) is 24.5 Å². The summed E-state index contributed by atoms with van der Waals surface area (Å²) in [4.78, 5) is 15.7. The van der Waals surface area contributed by atoms with Gasteiger partial charge in [-0.05, 0) is 49.4 Å². The lowest BCUT2D eigenvalue weighted by atomic mass is 10.1. The Morgan fingerprint density at radius 1 is 1.07 bits per heavy atom. The molecule has 156 valence electrons. The quantitative estimate of drug-likeness (QED) is 0.689. The van der Waals surface area contributed by atoms with Crippen LogP contribution in [0.2, 0.25) is 0 Å². The minimum absolute atomic E-state index is 0.0346. The predicted octanol–water partition coefficient (Wildman–Crippen LogP) is 4.23. The van der Waals surface area contributed by atoms with E-state index in [4.69, 9.17) is 4.74 Å². The molecule has 0 aliphatic carbocycles. The normalized spacial score (nSPS) is 14.9. The Morgan fingerprint density at radius 3 is 2.41 bits per heavy atom. The van der Waals surface area contributed by atoms with Gasteiger partial charge < -0.3 is 9.64 Å². The van der Waals surface area contributed by atoms with Crippen molar-refractivity contribution in [2.45, 2.75) is 35.5 Å². The van der Waals surface area contributed by atoms with Gasteiger partial charge in [0.15, 0.2) is 0 Å². The molecule has 6 nitrogen and oxygen atoms in total. The van der Waals surface area contributed by atoms with Gasteiger partial charge in [0.2, 0.25) is 0 Å². The van der Waals surface area contributed by atoms with Crippen molar-refractivity contribution in [3.05, 3.63) is 48.0 Å². The number of para-hydroxylation sites is 1. The number of anilines is 1. The Bertz CT molecular complexity index is 968. The fraction of sp³-hybridized carbons (Fsp3) is 0.381. The van der Waals surface area contributed by atoms with E-state index in [1.165, 1.54) is 31.0 Å². The second-order valence-corrected chi connectivity index (χ2v) is 9.40. The fourth-order valence-corrected chi connectivity index (χ4v) is 5.12. The summed E-state index contributed by atoms with van der Waals surface area (Å²) in [6.45, 7) is 1.36. The SMILES string of the molecule is COc1ccc(S(=O)(=O)Nc2ccccc2SC)cc1C(=O)N1CCCCCC1. The number of amides is 1. The molecule has 0 radical (unpaired) electrons. The molecule has 1 amide bonds. The number of carbonyl (C=O) groups is 1. The maximum absolute atomic E-state index is 13.1. The molecule has 3 rings (SSSR count). The van der Waals surface area contributed by atoms with Gasteiger partial charge >= 0.3 is 0 Å². The van der Waals surface area contributed by atoms with Crippen LogP contribution in [0, 0.1) is 0 Å². The highest BCUT2D eigenvalue weighted by atomic mass is 32.2. The average Bonchev–Trinajstić information content (AvgIpc) is 3.02. The van der Waals surface area contributed by atoms with E-state index in [-0.39, 0.29) is 16.4 Å². The maximum Gasteiger partial charge on any atom is 0.261 e. The van der Waals surface area contributed by atoms with Gasteiger partial charge in [0.05, 0.1) is 23.3 Å². The largest absolute Gasteiger partial charge is 0.496 e. The summed E-state index contributed by atoms with van der Waals surface area (Å²) in [5, 5.41) is 0. The van der Waals surface area contributed by atoms with Crippen molar-refractivity contribution in [2.75, 3.05) is 31.2 Å². The van der Waals surface area contributed by atoms with Crippen LogP contribution in [0.3, 0.4) is 0 Å². The van der Waals surface area contributed by atoms with E-state index >= 15 is 0 Å². The third kappa shape index (κ3) is 5.05. The van der Waals surface area contributed by atoms with Crippen LogP contribution in [-0.2, 0) is 10.0 Å². The van der Waals surface area contributed by atoms with Gasteiger partial charge in [0.1, 0.15) is 5.75 Å². The fourth-order valence-electron chi connectivity index (χ4n) is 3.40. The number of thioether (sulfide) groups is 1. The van der Waals surface area contributed by atoms with Gasteiger partial charge in [-0.2, -0.15) is 0 Å². The van der Waals surface area contributed by atoms with Crippen LogP contribution in [0.1, 0.15) is 36.0 Å². The summed E-state index contributed by atoms with van der Waals surface area (Å²) in [6, 6.07) is 11.6. The maximum atomic E-state index is 13.1. The topological polar surface area (TPSA) is 75.7 Å². The number of sulfonamides is 1. The minimum Gasteiger partial charge on any atom is -0.496 e. The summed E-state index contributed by atoms with van der Waals surface area (Å²) >= 11 is 1.46. The lowest BCUT2D eigenvalue weighted by molar-refractivity contribution is 0.0758. The number of rotatable bonds is 6. The second-order valence-electron chi connectivity index (χ2n) is 6.87. The Balaban J connectivity index is 1.93. The molecular formula is C21H26N2O4S2. The number of nitrogens with zero attached hydrogens (tertiary/aromatic N) is 1. The van der Waals surface area contributed by atoms with Crippen LogP contribution in [0.5, 0.6) is 5.75 Å². The number of likely N-dealkylation sites (tertiary alicyclic amines) is 1. The highest BCUT2D eigenvalue weighted by molar-refractivity contribution is 7.99. The van der Waals surface area contributed by atoms with Crippen molar-refractivity contribution in [3.63, 3.8) is 0 Å². The van der Waals surface area contributed by atoms with Crippen molar-refractivity contribution < 1.29 is 17.9 Å². The first-order valence-electron chi connectivity index (χ1n) is 9.59. The molecule has 0 atom stereocenters. The first-order chi connectivity index (χ1) is 14.0. The summed E-state index contributed by atoms with van der Waals surface area (Å²) in [5.41, 5.74) is 0.784. The van der Waals surface area contributed by atoms with Crippen molar-refractivity contribution in [2.24, 2.45) is 0 Å². The average molecular weight is 435 g/mol. The van der Waals surface area contributed by atoms with E-state index in [0.717, 1.165) is 30.6 Å². The van der Waals surface area contributed by atoms with Crippen molar-refractivity contribution in [1.82, 2.24) is 4.90 Å². The lowest BCUT2D eigenvalue weighted by Gasteiger charge is -2.22. The van der Waals surface area contributed by atoms with Crippen LogP contribution in [0.15, 0.2) is 52.3 Å². The number of nitrogens with one attached hydrogen (secondary N) is 1. The van der Waals surface area contributed by atoms with Crippen molar-refractivity contribution >= 4 is 33.4 Å². The third-order valence-electron chi connectivity index (χ3n) is 4.96. The van der Waals surface area contributed by atoms with Crippen LogP contribution >= 0.6 is 11.8 Å². The molecule has 8 heteroatoms. The minimum atomic E-state index is -3.85. The van der Waals surface area contributed by atoms with Crippen LogP contribution in [0.4, 0.5) is 5.69 Å². The standard InChI is InChI=1S/C21H26N2O4S2/c1-27-19-12-11-16(15-17(19)21(24)23-13-7-3-4-8-14-23)29(25,26)22-18-9-5-6-10-20(18)28-2/h5-6,9-12,15,22H,3-4,7-8,13-14H2,1-2H3. The molecule has 0 saturated carbocycles. The van der Waals surface area contributed by atoms with Crippen LogP contribution < -0.4 is 9.46 Å². The van der Waals surface area contributed by atoms with Gasteiger partial charge in [-0.1, -0.05) is 25.0 Å². The van der Waals surface area contributed by atoms with Gasteiger partial charge in [0, 0.05) is 18.0 Å². The number of hydrogen-bond acceptors (Lipinski definition) is 5. The number of ether oxygens (including phenoxy) is 1. The number of carbonyl (C=O) groups excluding carboxylic acids is 1. The van der Waals surface area contributed by atoms with Crippen molar-refractivity contribution in [1.29, 1.82) is 0 Å². The second kappa shape index (κ2) is 9.54. The summed E-state index contributed by atoms with van der Waals surface area (Å²) in [7, 11) is -2.37. The molecule has 29 heavy (non-hydrogen) atoms. The van der Waals surface area contributed by atoms with Crippen LogP contribution in [-0.4, -0.2) is 45.7 Å². The Kier molecular flexibility index (Phi) is 7.08. The highest BCUT2D eigenvalue weighted by Gasteiger charge is 2.24. The monoisotopic (exact) mass is 434 g/mol. The molecule has 1 saturated heterocycles. The van der Waals surface area contributed by atoms with E-state index in [9.17, 15) is 13.2 Å². The summed E-state index contributed by atoms with van der Waals surface area (Å²) in [6.07, 6.45) is 6.01. The van der Waals surface area contributed by atoms with Gasteiger partial charge in [0.25, 0.3) is 15.9 Å². The summed E-state index contributed by atoms with van der Waals surface area (Å²) in [5.74, 6) is 0.188. The van der Waals surface area contributed by atoms with E-state index < -0.39 is 10.0 Å². The molecule has 0 spiro atoms. The lowest BCUT2D eigenvalue weighted by Crippen LogP contribution is -2.32. The van der Waals surface area contributed by atoms with Gasteiger partial charge in [-0.15, -0.1) is 11.8 Å². The Morgan fingerprint density at radius 2 is 1.76 bits per heavy atom. The van der Waals surface area contributed by atoms with E-state index in [1.807, 2.05) is 18.4 Å². The summed E-state index contributed by atoms with van der Waals surface area (Å²) < 4.78 is 34.0. The number of hydrogen-bond donors (Lipinski definition) is 1. The first-order valence-corrected chi connectivity index (χ1v) is 12.3. The third-order valence-corrected chi connectivity index (χ3v) is 7.12. The molecule has 1 N–H and O–H groups in total. The molecule has 2 aromatic carbocycles. The molecule has 0 bridgehead atoms. The zero-order valence-corrected chi connectivity index (χ0v) is 18.3. The molecule has 1 fully saturated rings. The van der Waals surface area contributed by atoms with Gasteiger partial charge in [-0.3, -0.25) is 9.52 Å². The number of benzene rings is 2. The molecule has 1 aliphatic rings. The first kappa shape index (κ1) is 21.5. The predicted molar refractivity (Wildman–Crippen MR) is 116 cm³/mol. The van der Waals surface area contributed by atoms with Gasteiger partial charge in [-0.25, -0.2) is 8.42 Å². The number of methoxy groups -OCH3 is 1. The molecule has 1 aliphatic heterocycles. The van der Waals surface area contributed by atoms with E-state index in [1.54, 1.807) is 23.1 Å². The van der Waals surface area contributed by atoms with Crippen molar-refractivity contribution in [3.8, 4) is 5.75 Å². The zero-order valence-electron chi connectivity index (χ0n) is 16.7. The smallest absolute Gasteiger partial charge is 0.261 e. The Hall–Kier alpha value is -2.19. The van der Waals surface area contributed by atoms with E-state index in [2.05, 4.69) is 4.72 Å². The molecule has 1 heterocycles. The highest BCUT2D eigenvalue weighted by Crippen LogP contribution is 2.29. The van der Waals surface area contributed by atoms with Crippen LogP contribution in [0.25, 0.3) is 0 Å². The molecule has 2 aromatic rings.